The van der Waals surface area contributed by atoms with Crippen molar-refractivity contribution in [2.45, 2.75) is 20.1 Å². The average molecular weight is 469 g/mol. The van der Waals surface area contributed by atoms with E-state index in [1.807, 2.05) is 36.1 Å². The van der Waals surface area contributed by atoms with Crippen molar-refractivity contribution in [2.75, 3.05) is 33.0 Å². The number of fused-ring (bicyclic) bond motifs is 1. The molecule has 0 spiro atoms. The van der Waals surface area contributed by atoms with Crippen molar-refractivity contribution in [3.8, 4) is 17.2 Å². The lowest BCUT2D eigenvalue weighted by Gasteiger charge is -2.34. The van der Waals surface area contributed by atoms with E-state index in [1.54, 1.807) is 18.2 Å². The van der Waals surface area contributed by atoms with Gasteiger partial charge in [0.2, 0.25) is 6.79 Å². The maximum absolute atomic E-state index is 12.9. The smallest absolute Gasteiger partial charge is 0.289 e. The number of rotatable bonds is 6. The SMILES string of the molecule is Cc1cc(Cl)ccc1OCc1ccc(C(=O)N2CCN(Cc3ccc4c(c3)OCO4)CC2)o1. The van der Waals surface area contributed by atoms with E-state index in [0.29, 0.717) is 29.6 Å². The van der Waals surface area contributed by atoms with Gasteiger partial charge in [0, 0.05) is 37.7 Å². The quantitative estimate of drug-likeness (QED) is 0.530. The van der Waals surface area contributed by atoms with Gasteiger partial charge < -0.3 is 23.5 Å². The van der Waals surface area contributed by atoms with Crippen LogP contribution in [-0.4, -0.2) is 48.7 Å². The Morgan fingerprint density at radius 3 is 2.64 bits per heavy atom. The van der Waals surface area contributed by atoms with E-state index in [-0.39, 0.29) is 19.3 Å². The zero-order valence-corrected chi connectivity index (χ0v) is 19.1. The normalized spacial score (nSPS) is 15.6. The number of benzene rings is 2. The summed E-state index contributed by atoms with van der Waals surface area (Å²) in [7, 11) is 0. The van der Waals surface area contributed by atoms with Gasteiger partial charge in [0.25, 0.3) is 5.91 Å². The zero-order valence-electron chi connectivity index (χ0n) is 18.4. The standard InChI is InChI=1S/C25H25ClN2O5/c1-17-12-19(26)3-6-21(17)30-15-20-4-7-23(33-20)25(29)28-10-8-27(9-11-28)14-18-2-5-22-24(13-18)32-16-31-22/h2-7,12-13H,8-11,14-16H2,1H3. The van der Waals surface area contributed by atoms with Crippen LogP contribution in [0.3, 0.4) is 0 Å². The molecule has 172 valence electrons. The number of furan rings is 1. The molecular formula is C25H25ClN2O5. The number of halogens is 1. The van der Waals surface area contributed by atoms with E-state index >= 15 is 0 Å². The number of amides is 1. The Hall–Kier alpha value is -3.16. The summed E-state index contributed by atoms with van der Waals surface area (Å²) in [5.74, 6) is 3.18. The third kappa shape index (κ3) is 4.94. The minimum Gasteiger partial charge on any atom is -0.485 e. The molecule has 3 aromatic rings. The molecule has 2 aliphatic rings. The number of carbonyl (C=O) groups excluding carboxylic acids is 1. The molecule has 5 rings (SSSR count). The summed E-state index contributed by atoms with van der Waals surface area (Å²) in [5, 5.41) is 0.668. The fourth-order valence-electron chi connectivity index (χ4n) is 4.06. The predicted molar refractivity (Wildman–Crippen MR) is 123 cm³/mol. The van der Waals surface area contributed by atoms with Crippen molar-refractivity contribution in [1.82, 2.24) is 9.80 Å². The van der Waals surface area contributed by atoms with Gasteiger partial charge in [-0.2, -0.15) is 0 Å². The van der Waals surface area contributed by atoms with E-state index in [9.17, 15) is 4.79 Å². The van der Waals surface area contributed by atoms with E-state index < -0.39 is 0 Å². The second-order valence-corrected chi connectivity index (χ2v) is 8.66. The lowest BCUT2D eigenvalue weighted by Crippen LogP contribution is -2.48. The van der Waals surface area contributed by atoms with Gasteiger partial charge in [-0.25, -0.2) is 0 Å². The Kier molecular flexibility index (Phi) is 6.15. The van der Waals surface area contributed by atoms with Crippen molar-refractivity contribution in [2.24, 2.45) is 0 Å². The Bertz CT molecular complexity index is 1150. The van der Waals surface area contributed by atoms with Crippen molar-refractivity contribution < 1.29 is 23.4 Å². The summed E-state index contributed by atoms with van der Waals surface area (Å²) in [6.07, 6.45) is 0. The molecule has 0 aliphatic carbocycles. The van der Waals surface area contributed by atoms with Gasteiger partial charge in [0.15, 0.2) is 17.3 Å². The molecule has 2 aliphatic heterocycles. The van der Waals surface area contributed by atoms with Crippen molar-refractivity contribution >= 4 is 17.5 Å². The maximum atomic E-state index is 12.9. The van der Waals surface area contributed by atoms with Gasteiger partial charge in [-0.15, -0.1) is 0 Å². The third-order valence-electron chi connectivity index (χ3n) is 5.88. The highest BCUT2D eigenvalue weighted by Crippen LogP contribution is 2.33. The molecule has 2 aromatic carbocycles. The van der Waals surface area contributed by atoms with E-state index in [2.05, 4.69) is 11.0 Å². The monoisotopic (exact) mass is 468 g/mol. The van der Waals surface area contributed by atoms with Gasteiger partial charge in [0.1, 0.15) is 18.1 Å². The van der Waals surface area contributed by atoms with Crippen molar-refractivity contribution in [1.29, 1.82) is 0 Å². The van der Waals surface area contributed by atoms with E-state index in [4.69, 9.17) is 30.2 Å². The molecule has 0 radical (unpaired) electrons. The van der Waals surface area contributed by atoms with Crippen LogP contribution in [0.5, 0.6) is 17.2 Å². The highest BCUT2D eigenvalue weighted by molar-refractivity contribution is 6.30. The molecule has 8 heteroatoms. The van der Waals surface area contributed by atoms with Crippen LogP contribution in [0.2, 0.25) is 5.02 Å². The molecule has 3 heterocycles. The fourth-order valence-corrected chi connectivity index (χ4v) is 4.28. The molecule has 33 heavy (non-hydrogen) atoms. The van der Waals surface area contributed by atoms with E-state index in [0.717, 1.165) is 42.4 Å². The molecule has 1 aromatic heterocycles. The van der Waals surface area contributed by atoms with Gasteiger partial charge >= 0.3 is 0 Å². The highest BCUT2D eigenvalue weighted by Gasteiger charge is 2.25. The topological polar surface area (TPSA) is 64.4 Å². The average Bonchev–Trinajstić information content (AvgIpc) is 3.48. The molecule has 0 saturated carbocycles. The van der Waals surface area contributed by atoms with Crippen molar-refractivity contribution in [3.05, 3.63) is 76.2 Å². The van der Waals surface area contributed by atoms with Crippen LogP contribution in [0.1, 0.15) is 27.4 Å². The Morgan fingerprint density at radius 2 is 1.82 bits per heavy atom. The summed E-state index contributed by atoms with van der Waals surface area (Å²) in [5.41, 5.74) is 2.12. The predicted octanol–water partition coefficient (Wildman–Crippen LogP) is 4.51. The number of ether oxygens (including phenoxy) is 3. The Labute approximate surface area is 197 Å². The first-order chi connectivity index (χ1) is 16.0. The van der Waals surface area contributed by atoms with Gasteiger partial charge in [-0.3, -0.25) is 9.69 Å². The van der Waals surface area contributed by atoms with Crippen LogP contribution in [0.15, 0.2) is 52.9 Å². The lowest BCUT2D eigenvalue weighted by atomic mass is 10.1. The van der Waals surface area contributed by atoms with Crippen LogP contribution < -0.4 is 14.2 Å². The Balaban J connectivity index is 1.12. The third-order valence-corrected chi connectivity index (χ3v) is 6.12. The number of carbonyl (C=O) groups is 1. The first kappa shape index (κ1) is 21.7. The van der Waals surface area contributed by atoms with Crippen LogP contribution in [0.25, 0.3) is 0 Å². The first-order valence-electron chi connectivity index (χ1n) is 10.9. The van der Waals surface area contributed by atoms with Crippen LogP contribution in [0, 0.1) is 6.92 Å². The summed E-state index contributed by atoms with van der Waals surface area (Å²) in [4.78, 5) is 17.1. The highest BCUT2D eigenvalue weighted by atomic mass is 35.5. The number of piperazine rings is 1. The maximum Gasteiger partial charge on any atom is 0.289 e. The zero-order chi connectivity index (χ0) is 22.8. The number of hydrogen-bond acceptors (Lipinski definition) is 6. The summed E-state index contributed by atoms with van der Waals surface area (Å²) in [6.45, 7) is 6.18. The van der Waals surface area contributed by atoms with Gasteiger partial charge in [0.05, 0.1) is 0 Å². The molecule has 0 bridgehead atoms. The first-order valence-corrected chi connectivity index (χ1v) is 11.3. The largest absolute Gasteiger partial charge is 0.485 e. The molecule has 0 unspecified atom stereocenters. The van der Waals surface area contributed by atoms with Gasteiger partial charge in [-0.05, 0) is 60.5 Å². The van der Waals surface area contributed by atoms with Crippen LogP contribution in [-0.2, 0) is 13.2 Å². The molecule has 0 atom stereocenters. The molecule has 1 amide bonds. The summed E-state index contributed by atoms with van der Waals surface area (Å²) in [6, 6.07) is 15.0. The molecule has 1 saturated heterocycles. The fraction of sp³-hybridized carbons (Fsp3) is 0.320. The molecule has 1 fully saturated rings. The molecular weight excluding hydrogens is 444 g/mol. The molecule has 0 N–H and O–H groups in total. The van der Waals surface area contributed by atoms with Crippen molar-refractivity contribution in [3.63, 3.8) is 0 Å². The number of aryl methyl sites for hydroxylation is 1. The van der Waals surface area contributed by atoms with Gasteiger partial charge in [-0.1, -0.05) is 17.7 Å². The summed E-state index contributed by atoms with van der Waals surface area (Å²) < 4.78 is 22.4. The minimum absolute atomic E-state index is 0.0911. The molecule has 7 nitrogen and oxygen atoms in total. The second kappa shape index (κ2) is 9.37. The van der Waals surface area contributed by atoms with E-state index in [1.165, 1.54) is 5.56 Å². The van der Waals surface area contributed by atoms with Crippen LogP contribution in [0.4, 0.5) is 0 Å². The minimum atomic E-state index is -0.0911. The van der Waals surface area contributed by atoms with Crippen LogP contribution >= 0.6 is 11.6 Å². The lowest BCUT2D eigenvalue weighted by molar-refractivity contribution is 0.0594. The number of nitrogens with zero attached hydrogens (tertiary/aromatic N) is 2. The Morgan fingerprint density at radius 1 is 1.00 bits per heavy atom. The number of hydrogen-bond donors (Lipinski definition) is 0. The summed E-state index contributed by atoms with van der Waals surface area (Å²) >= 11 is 5.99. The second-order valence-electron chi connectivity index (χ2n) is 8.22.